The number of thioether (sulfide) groups is 1. The van der Waals surface area contributed by atoms with Gasteiger partial charge in [0.2, 0.25) is 0 Å². The molecule has 16 heavy (non-hydrogen) atoms. The van der Waals surface area contributed by atoms with Gasteiger partial charge < -0.3 is 10.6 Å². The molecule has 0 radical (unpaired) electrons. The van der Waals surface area contributed by atoms with E-state index in [1.807, 2.05) is 12.1 Å². The molecule has 0 unspecified atom stereocenters. The van der Waals surface area contributed by atoms with Gasteiger partial charge in [0.1, 0.15) is 0 Å². The van der Waals surface area contributed by atoms with Gasteiger partial charge >= 0.3 is 0 Å². The third-order valence-electron chi connectivity index (χ3n) is 2.14. The van der Waals surface area contributed by atoms with Crippen LogP contribution in [-0.2, 0) is 0 Å². The largest absolute Gasteiger partial charge is 0.362 e. The molecule has 4 heteroatoms. The molecule has 0 aliphatic rings. The van der Waals surface area contributed by atoms with Crippen molar-refractivity contribution < 1.29 is 0 Å². The second kappa shape index (κ2) is 7.52. The zero-order valence-corrected chi connectivity index (χ0v) is 11.4. The lowest BCUT2D eigenvalue weighted by Gasteiger charge is -2.10. The smallest absolute Gasteiger partial charge is 0.170 e. The van der Waals surface area contributed by atoms with Gasteiger partial charge in [-0.3, -0.25) is 0 Å². The first-order valence-electron chi connectivity index (χ1n) is 5.45. The Labute approximate surface area is 107 Å². The number of hydrogen-bond acceptors (Lipinski definition) is 2. The molecule has 0 saturated carbocycles. The van der Waals surface area contributed by atoms with E-state index in [4.69, 9.17) is 12.2 Å². The van der Waals surface area contributed by atoms with Gasteiger partial charge in [-0.15, -0.1) is 11.8 Å². The lowest BCUT2D eigenvalue weighted by molar-refractivity contribution is 0.758. The average Bonchev–Trinajstić information content (AvgIpc) is 2.29. The Morgan fingerprint density at radius 2 is 2.25 bits per heavy atom. The first-order chi connectivity index (χ1) is 7.76. The quantitative estimate of drug-likeness (QED) is 0.477. The fourth-order valence-corrected chi connectivity index (χ4v) is 1.93. The third-order valence-corrected chi connectivity index (χ3v) is 3.12. The van der Waals surface area contributed by atoms with E-state index in [-0.39, 0.29) is 0 Å². The van der Waals surface area contributed by atoms with E-state index in [2.05, 4.69) is 35.9 Å². The first-order valence-corrected chi connectivity index (χ1v) is 7.08. The minimum Gasteiger partial charge on any atom is -0.362 e. The van der Waals surface area contributed by atoms with Gasteiger partial charge in [0.05, 0.1) is 0 Å². The van der Waals surface area contributed by atoms with Crippen LogP contribution in [0, 0.1) is 0 Å². The number of rotatable bonds is 5. The van der Waals surface area contributed by atoms with Crippen molar-refractivity contribution in [1.29, 1.82) is 0 Å². The number of unbranched alkanes of at least 4 members (excludes halogenated alkanes) is 1. The normalized spacial score (nSPS) is 9.88. The highest BCUT2D eigenvalue weighted by Crippen LogP contribution is 2.18. The first kappa shape index (κ1) is 13.3. The highest BCUT2D eigenvalue weighted by Gasteiger charge is 1.97. The molecule has 0 amide bonds. The molecular weight excluding hydrogens is 236 g/mol. The van der Waals surface area contributed by atoms with E-state index in [1.54, 1.807) is 11.8 Å². The van der Waals surface area contributed by atoms with Crippen LogP contribution in [0.3, 0.4) is 0 Å². The zero-order chi connectivity index (χ0) is 11.8. The van der Waals surface area contributed by atoms with Crippen molar-refractivity contribution >= 4 is 34.8 Å². The lowest BCUT2D eigenvalue weighted by Crippen LogP contribution is -2.29. The molecule has 0 aliphatic carbocycles. The number of benzene rings is 1. The van der Waals surface area contributed by atoms with Crippen molar-refractivity contribution in [2.24, 2.45) is 0 Å². The van der Waals surface area contributed by atoms with Gasteiger partial charge in [-0.25, -0.2) is 0 Å². The standard InChI is InChI=1S/C12H18N2S2/c1-3-4-8-13-12(15)14-10-6-5-7-11(9-10)16-2/h5-7,9H,3-4,8H2,1-2H3,(H2,13,14,15). The SMILES string of the molecule is CCCCNC(=S)Nc1cccc(SC)c1. The Kier molecular flexibility index (Phi) is 6.26. The molecule has 2 nitrogen and oxygen atoms in total. The monoisotopic (exact) mass is 254 g/mol. The summed E-state index contributed by atoms with van der Waals surface area (Å²) >= 11 is 6.93. The summed E-state index contributed by atoms with van der Waals surface area (Å²) in [5.41, 5.74) is 1.04. The van der Waals surface area contributed by atoms with Gasteiger partial charge in [0, 0.05) is 17.1 Å². The van der Waals surface area contributed by atoms with Crippen molar-refractivity contribution in [2.45, 2.75) is 24.7 Å². The van der Waals surface area contributed by atoms with Gasteiger partial charge in [-0.2, -0.15) is 0 Å². The summed E-state index contributed by atoms with van der Waals surface area (Å²) in [5.74, 6) is 0. The maximum Gasteiger partial charge on any atom is 0.170 e. The van der Waals surface area contributed by atoms with E-state index in [0.717, 1.165) is 18.7 Å². The van der Waals surface area contributed by atoms with Crippen molar-refractivity contribution in [3.8, 4) is 0 Å². The Hall–Kier alpha value is -0.740. The van der Waals surface area contributed by atoms with Gasteiger partial charge in [0.25, 0.3) is 0 Å². The molecule has 1 aromatic rings. The molecule has 0 aromatic heterocycles. The summed E-state index contributed by atoms with van der Waals surface area (Å²) in [6, 6.07) is 8.23. The van der Waals surface area contributed by atoms with Crippen LogP contribution in [0.25, 0.3) is 0 Å². The van der Waals surface area contributed by atoms with E-state index in [1.165, 1.54) is 11.3 Å². The molecule has 0 saturated heterocycles. The fourth-order valence-electron chi connectivity index (χ4n) is 1.25. The summed E-state index contributed by atoms with van der Waals surface area (Å²) < 4.78 is 0. The van der Waals surface area contributed by atoms with Crippen LogP contribution in [0.2, 0.25) is 0 Å². The van der Waals surface area contributed by atoms with E-state index >= 15 is 0 Å². The summed E-state index contributed by atoms with van der Waals surface area (Å²) in [6.07, 6.45) is 4.39. The van der Waals surface area contributed by atoms with E-state index < -0.39 is 0 Å². The maximum absolute atomic E-state index is 5.20. The van der Waals surface area contributed by atoms with Crippen molar-refractivity contribution in [3.63, 3.8) is 0 Å². The van der Waals surface area contributed by atoms with Crippen LogP contribution in [0.4, 0.5) is 5.69 Å². The van der Waals surface area contributed by atoms with Crippen LogP contribution in [-0.4, -0.2) is 17.9 Å². The van der Waals surface area contributed by atoms with Crippen LogP contribution < -0.4 is 10.6 Å². The Bertz CT molecular complexity index is 340. The predicted molar refractivity (Wildman–Crippen MR) is 77.4 cm³/mol. The molecule has 0 spiro atoms. The lowest BCUT2D eigenvalue weighted by atomic mass is 10.3. The van der Waals surface area contributed by atoms with Gasteiger partial charge in [-0.1, -0.05) is 19.4 Å². The van der Waals surface area contributed by atoms with Gasteiger partial charge in [0.15, 0.2) is 5.11 Å². The molecule has 0 heterocycles. The third kappa shape index (κ3) is 4.86. The zero-order valence-electron chi connectivity index (χ0n) is 9.75. The van der Waals surface area contributed by atoms with Crippen molar-refractivity contribution in [1.82, 2.24) is 5.32 Å². The summed E-state index contributed by atoms with van der Waals surface area (Å²) in [6.45, 7) is 3.10. The van der Waals surface area contributed by atoms with Crippen molar-refractivity contribution in [2.75, 3.05) is 18.1 Å². The minimum absolute atomic E-state index is 0.701. The molecule has 2 N–H and O–H groups in total. The molecule has 0 aliphatic heterocycles. The predicted octanol–water partition coefficient (Wildman–Crippen LogP) is 3.50. The van der Waals surface area contributed by atoms with Crippen LogP contribution in [0.15, 0.2) is 29.2 Å². The fraction of sp³-hybridized carbons (Fsp3) is 0.417. The highest BCUT2D eigenvalue weighted by atomic mass is 32.2. The molecule has 0 fully saturated rings. The number of nitrogens with one attached hydrogen (secondary N) is 2. The van der Waals surface area contributed by atoms with E-state index in [9.17, 15) is 0 Å². The maximum atomic E-state index is 5.20. The second-order valence-corrected chi connectivity index (χ2v) is 4.75. The second-order valence-electron chi connectivity index (χ2n) is 3.47. The van der Waals surface area contributed by atoms with Crippen LogP contribution >= 0.6 is 24.0 Å². The topological polar surface area (TPSA) is 24.1 Å². The Balaban J connectivity index is 2.43. The van der Waals surface area contributed by atoms with Crippen molar-refractivity contribution in [3.05, 3.63) is 24.3 Å². The van der Waals surface area contributed by atoms with E-state index in [0.29, 0.717) is 5.11 Å². The minimum atomic E-state index is 0.701. The van der Waals surface area contributed by atoms with Gasteiger partial charge in [-0.05, 0) is 43.1 Å². The molecule has 0 atom stereocenters. The Morgan fingerprint density at radius 1 is 1.44 bits per heavy atom. The molecule has 1 aromatic carbocycles. The average molecular weight is 254 g/mol. The summed E-state index contributed by atoms with van der Waals surface area (Å²) in [5, 5.41) is 7.07. The highest BCUT2D eigenvalue weighted by molar-refractivity contribution is 7.98. The molecular formula is C12H18N2S2. The van der Waals surface area contributed by atoms with Crippen LogP contribution in [0.1, 0.15) is 19.8 Å². The molecule has 0 bridgehead atoms. The number of thiocarbonyl (C=S) groups is 1. The Morgan fingerprint density at radius 3 is 2.94 bits per heavy atom. The summed E-state index contributed by atoms with van der Waals surface area (Å²) in [7, 11) is 0. The number of anilines is 1. The molecule has 88 valence electrons. The van der Waals surface area contributed by atoms with Crippen LogP contribution in [0.5, 0.6) is 0 Å². The summed E-state index contributed by atoms with van der Waals surface area (Å²) in [4.78, 5) is 1.24. The molecule has 1 rings (SSSR count). The number of hydrogen-bond donors (Lipinski definition) is 2.